The predicted molar refractivity (Wildman–Crippen MR) is 105 cm³/mol. The summed E-state index contributed by atoms with van der Waals surface area (Å²) in [5.41, 5.74) is 2.77. The largest absolute Gasteiger partial charge is 0.447 e. The van der Waals surface area contributed by atoms with Crippen molar-refractivity contribution in [1.29, 1.82) is 0 Å². The molecule has 0 radical (unpaired) electrons. The van der Waals surface area contributed by atoms with Crippen LogP contribution in [0.5, 0.6) is 0 Å². The molecule has 0 N–H and O–H groups in total. The molecular formula is C23H30O4. The monoisotopic (exact) mass is 370 g/mol. The van der Waals surface area contributed by atoms with E-state index in [0.717, 1.165) is 68.1 Å². The summed E-state index contributed by atoms with van der Waals surface area (Å²) in [6.07, 6.45) is 7.42. The van der Waals surface area contributed by atoms with E-state index in [1.807, 2.05) is 26.0 Å². The Labute approximate surface area is 161 Å². The van der Waals surface area contributed by atoms with E-state index >= 15 is 0 Å². The normalized spacial score (nSPS) is 18.7. The summed E-state index contributed by atoms with van der Waals surface area (Å²) in [7, 11) is 0. The molecular weight excluding hydrogens is 340 g/mol. The average molecular weight is 370 g/mol. The minimum absolute atomic E-state index is 0.266. The zero-order chi connectivity index (χ0) is 19.4. The third-order valence-electron chi connectivity index (χ3n) is 5.66. The Bertz CT molecular complexity index is 754. The highest BCUT2D eigenvalue weighted by Gasteiger charge is 2.51. The van der Waals surface area contributed by atoms with E-state index in [-0.39, 0.29) is 11.9 Å². The molecule has 146 valence electrons. The third-order valence-corrected chi connectivity index (χ3v) is 5.66. The van der Waals surface area contributed by atoms with Crippen LogP contribution in [-0.4, -0.2) is 17.5 Å². The highest BCUT2D eigenvalue weighted by Crippen LogP contribution is 2.47. The summed E-state index contributed by atoms with van der Waals surface area (Å²) >= 11 is 0. The van der Waals surface area contributed by atoms with Crippen molar-refractivity contribution < 1.29 is 19.1 Å². The molecule has 0 unspecified atom stereocenters. The average Bonchev–Trinajstić information content (AvgIpc) is 2.91. The molecule has 1 saturated carbocycles. The van der Waals surface area contributed by atoms with Gasteiger partial charge in [-0.15, -0.1) is 0 Å². The molecule has 1 aromatic rings. The summed E-state index contributed by atoms with van der Waals surface area (Å²) in [6.45, 7) is 6.16. The second-order valence-electron chi connectivity index (χ2n) is 7.74. The molecule has 1 aromatic carbocycles. The van der Waals surface area contributed by atoms with E-state index in [1.165, 1.54) is 0 Å². The van der Waals surface area contributed by atoms with E-state index in [0.29, 0.717) is 17.8 Å². The molecule has 4 nitrogen and oxygen atoms in total. The fourth-order valence-electron chi connectivity index (χ4n) is 4.17. The van der Waals surface area contributed by atoms with Gasteiger partial charge in [-0.05, 0) is 56.6 Å². The van der Waals surface area contributed by atoms with Gasteiger partial charge in [-0.25, -0.2) is 4.79 Å². The molecule has 0 atom stereocenters. The van der Waals surface area contributed by atoms with Crippen molar-refractivity contribution in [3.05, 3.63) is 40.6 Å². The van der Waals surface area contributed by atoms with Gasteiger partial charge in [0.25, 0.3) is 0 Å². The summed E-state index contributed by atoms with van der Waals surface area (Å²) < 4.78 is 11.8. The van der Waals surface area contributed by atoms with Crippen molar-refractivity contribution in [2.75, 3.05) is 0 Å². The fourth-order valence-corrected chi connectivity index (χ4v) is 4.17. The van der Waals surface area contributed by atoms with Gasteiger partial charge < -0.3 is 9.47 Å². The van der Waals surface area contributed by atoms with E-state index in [4.69, 9.17) is 9.47 Å². The Hall–Kier alpha value is -2.10. The Balaban J connectivity index is 2.08. The van der Waals surface area contributed by atoms with Crippen molar-refractivity contribution in [2.24, 2.45) is 0 Å². The number of carbonyl (C=O) groups is 2. The van der Waals surface area contributed by atoms with Crippen LogP contribution in [0.25, 0.3) is 5.57 Å². The lowest BCUT2D eigenvalue weighted by Gasteiger charge is -2.33. The van der Waals surface area contributed by atoms with Gasteiger partial charge in [0.1, 0.15) is 5.57 Å². The van der Waals surface area contributed by atoms with Gasteiger partial charge in [0, 0.05) is 6.42 Å². The number of carbonyl (C=O) groups excluding carboxylic acids is 2. The molecule has 1 spiro atoms. The molecule has 1 fully saturated rings. The summed E-state index contributed by atoms with van der Waals surface area (Å²) in [6, 6.07) is 6.06. The molecule has 1 aliphatic carbocycles. The maximum absolute atomic E-state index is 12.9. The fraction of sp³-hybridized carbons (Fsp3) is 0.565. The standard InChI is InChI=1S/C23H30O4/c1-4-6-10-19(24)26-21-20(18-12-11-16(3)15-17(18)5-2)22(25)27-23(21)13-8-7-9-14-23/h11-12,15H,4-10,13-14H2,1-3H3. The van der Waals surface area contributed by atoms with Crippen LogP contribution in [0.1, 0.15) is 81.9 Å². The lowest BCUT2D eigenvalue weighted by molar-refractivity contribution is -0.155. The second kappa shape index (κ2) is 8.28. The van der Waals surface area contributed by atoms with Gasteiger partial charge in [0.05, 0.1) is 0 Å². The molecule has 0 bridgehead atoms. The molecule has 0 aromatic heterocycles. The Kier molecular flexibility index (Phi) is 6.03. The zero-order valence-corrected chi connectivity index (χ0v) is 16.7. The van der Waals surface area contributed by atoms with Gasteiger partial charge in [-0.1, -0.05) is 50.5 Å². The number of ether oxygens (including phenoxy) is 2. The van der Waals surface area contributed by atoms with Gasteiger partial charge in [-0.3, -0.25) is 4.79 Å². The SMILES string of the molecule is CCCCC(=O)OC1=C(c2ccc(C)cc2CC)C(=O)OC12CCCCC2. The Morgan fingerprint density at radius 2 is 1.93 bits per heavy atom. The Morgan fingerprint density at radius 1 is 1.19 bits per heavy atom. The highest BCUT2D eigenvalue weighted by molar-refractivity contribution is 6.20. The number of hydrogen-bond donors (Lipinski definition) is 0. The van der Waals surface area contributed by atoms with Crippen molar-refractivity contribution in [1.82, 2.24) is 0 Å². The van der Waals surface area contributed by atoms with Crippen molar-refractivity contribution in [3.63, 3.8) is 0 Å². The minimum Gasteiger partial charge on any atom is -0.447 e. The van der Waals surface area contributed by atoms with Crippen LogP contribution in [0.15, 0.2) is 24.0 Å². The minimum atomic E-state index is -0.761. The number of aryl methyl sites for hydroxylation is 2. The van der Waals surface area contributed by atoms with Crippen LogP contribution in [0.4, 0.5) is 0 Å². The predicted octanol–water partition coefficient (Wildman–Crippen LogP) is 5.26. The first-order chi connectivity index (χ1) is 13.0. The van der Waals surface area contributed by atoms with Gasteiger partial charge >= 0.3 is 11.9 Å². The van der Waals surface area contributed by atoms with Crippen LogP contribution in [-0.2, 0) is 25.5 Å². The number of unbranched alkanes of at least 4 members (excludes halogenated alkanes) is 1. The maximum Gasteiger partial charge on any atom is 0.343 e. The molecule has 2 aliphatic rings. The number of benzene rings is 1. The molecule has 1 aliphatic heterocycles. The van der Waals surface area contributed by atoms with E-state index < -0.39 is 5.60 Å². The van der Waals surface area contributed by atoms with Crippen LogP contribution < -0.4 is 0 Å². The van der Waals surface area contributed by atoms with E-state index in [9.17, 15) is 9.59 Å². The molecule has 0 saturated heterocycles. The van der Waals surface area contributed by atoms with Crippen LogP contribution in [0, 0.1) is 6.92 Å². The first-order valence-corrected chi connectivity index (χ1v) is 10.3. The lowest BCUT2D eigenvalue weighted by atomic mass is 9.82. The summed E-state index contributed by atoms with van der Waals surface area (Å²) in [5.74, 6) is -0.154. The van der Waals surface area contributed by atoms with Gasteiger partial charge in [0.15, 0.2) is 11.4 Å². The Morgan fingerprint density at radius 3 is 2.59 bits per heavy atom. The molecule has 0 amide bonds. The topological polar surface area (TPSA) is 52.6 Å². The lowest BCUT2D eigenvalue weighted by Crippen LogP contribution is -2.36. The second-order valence-corrected chi connectivity index (χ2v) is 7.74. The summed E-state index contributed by atoms with van der Waals surface area (Å²) in [5, 5.41) is 0. The molecule has 27 heavy (non-hydrogen) atoms. The molecule has 3 rings (SSSR count). The van der Waals surface area contributed by atoms with E-state index in [1.54, 1.807) is 0 Å². The third kappa shape index (κ3) is 3.95. The van der Waals surface area contributed by atoms with Crippen LogP contribution >= 0.6 is 0 Å². The zero-order valence-electron chi connectivity index (χ0n) is 16.7. The van der Waals surface area contributed by atoms with Crippen molar-refractivity contribution in [2.45, 2.75) is 84.2 Å². The first-order valence-electron chi connectivity index (χ1n) is 10.3. The molecule has 1 heterocycles. The maximum atomic E-state index is 12.9. The van der Waals surface area contributed by atoms with Crippen LogP contribution in [0.2, 0.25) is 0 Å². The summed E-state index contributed by atoms with van der Waals surface area (Å²) in [4.78, 5) is 25.4. The van der Waals surface area contributed by atoms with Crippen molar-refractivity contribution in [3.8, 4) is 0 Å². The van der Waals surface area contributed by atoms with Crippen molar-refractivity contribution >= 4 is 17.5 Å². The number of rotatable bonds is 6. The highest BCUT2D eigenvalue weighted by atomic mass is 16.6. The quantitative estimate of drug-likeness (QED) is 0.641. The van der Waals surface area contributed by atoms with E-state index in [2.05, 4.69) is 13.0 Å². The number of esters is 2. The van der Waals surface area contributed by atoms with Gasteiger partial charge in [-0.2, -0.15) is 0 Å². The van der Waals surface area contributed by atoms with Crippen LogP contribution in [0.3, 0.4) is 0 Å². The number of hydrogen-bond acceptors (Lipinski definition) is 4. The smallest absolute Gasteiger partial charge is 0.343 e. The van der Waals surface area contributed by atoms with Gasteiger partial charge in [0.2, 0.25) is 0 Å². The molecule has 4 heteroatoms. The first kappa shape index (κ1) is 19.7.